The second kappa shape index (κ2) is 8.70. The maximum atomic E-state index is 12.9. The molecule has 0 saturated carbocycles. The van der Waals surface area contributed by atoms with Gasteiger partial charge in [0.2, 0.25) is 0 Å². The van der Waals surface area contributed by atoms with Crippen molar-refractivity contribution in [3.63, 3.8) is 0 Å². The van der Waals surface area contributed by atoms with Crippen molar-refractivity contribution in [2.24, 2.45) is 4.99 Å². The van der Waals surface area contributed by atoms with E-state index in [9.17, 15) is 4.79 Å². The molecular weight excluding hydrogens is 414 g/mol. The van der Waals surface area contributed by atoms with E-state index in [1.807, 2.05) is 103 Å². The number of aryl methyl sites for hydroxylation is 1. The van der Waals surface area contributed by atoms with Gasteiger partial charge in [0.05, 0.1) is 11.4 Å². The average molecular weight is 438 g/mol. The van der Waals surface area contributed by atoms with Gasteiger partial charge in [-0.3, -0.25) is 14.9 Å². The second-order valence-corrected chi connectivity index (χ2v) is 7.81. The highest BCUT2D eigenvalue weighted by atomic mass is 16.6. The molecule has 33 heavy (non-hydrogen) atoms. The highest BCUT2D eigenvalue weighted by Gasteiger charge is 2.29. The highest BCUT2D eigenvalue weighted by Crippen LogP contribution is 2.30. The van der Waals surface area contributed by atoms with Crippen LogP contribution >= 0.6 is 0 Å². The van der Waals surface area contributed by atoms with Gasteiger partial charge in [0, 0.05) is 11.1 Å². The Bertz CT molecular complexity index is 1320. The van der Waals surface area contributed by atoms with Crippen molar-refractivity contribution in [2.45, 2.75) is 26.1 Å². The van der Waals surface area contributed by atoms with Gasteiger partial charge in [-0.05, 0) is 25.5 Å². The summed E-state index contributed by atoms with van der Waals surface area (Å²) >= 11 is 0. The van der Waals surface area contributed by atoms with Gasteiger partial charge < -0.3 is 4.74 Å². The standard InChI is InChI=1S/C26H23N5O2/c1-17(19-11-5-3-6-12-19)33-26(32)28-24-25-30-29-18(2)31(25)22-16-10-9-15-21(22)23(27-24)20-13-7-4-8-14-20/h3-17,24H,1-2H3,(H,28,32)/t17-,24?/m0/s1. The van der Waals surface area contributed by atoms with E-state index < -0.39 is 18.4 Å². The molecule has 2 atom stereocenters. The van der Waals surface area contributed by atoms with Gasteiger partial charge in [0.15, 0.2) is 12.0 Å². The van der Waals surface area contributed by atoms with Crippen molar-refractivity contribution in [2.75, 3.05) is 0 Å². The number of para-hydroxylation sites is 1. The molecule has 1 unspecified atom stereocenters. The van der Waals surface area contributed by atoms with E-state index in [4.69, 9.17) is 9.73 Å². The zero-order chi connectivity index (χ0) is 22.8. The number of amides is 1. The first-order chi connectivity index (χ1) is 16.1. The lowest BCUT2D eigenvalue weighted by molar-refractivity contribution is 0.103. The van der Waals surface area contributed by atoms with Crippen molar-refractivity contribution in [3.8, 4) is 5.69 Å². The molecule has 0 aliphatic carbocycles. The van der Waals surface area contributed by atoms with E-state index in [-0.39, 0.29) is 0 Å². The van der Waals surface area contributed by atoms with E-state index in [0.717, 1.165) is 28.1 Å². The Kier molecular flexibility index (Phi) is 5.44. The summed E-state index contributed by atoms with van der Waals surface area (Å²) in [5.41, 5.74) is 4.46. The number of nitrogens with zero attached hydrogens (tertiary/aromatic N) is 4. The lowest BCUT2D eigenvalue weighted by Crippen LogP contribution is -2.30. The van der Waals surface area contributed by atoms with Crippen LogP contribution in [0.1, 0.15) is 47.5 Å². The topological polar surface area (TPSA) is 81.4 Å². The average Bonchev–Trinajstić information content (AvgIpc) is 3.17. The monoisotopic (exact) mass is 437 g/mol. The van der Waals surface area contributed by atoms with Gasteiger partial charge in [0.25, 0.3) is 0 Å². The summed E-state index contributed by atoms with van der Waals surface area (Å²) < 4.78 is 7.57. The molecule has 7 heteroatoms. The van der Waals surface area contributed by atoms with E-state index >= 15 is 0 Å². The molecular formula is C26H23N5O2. The number of rotatable bonds is 4. The molecule has 0 saturated heterocycles. The molecule has 7 nitrogen and oxygen atoms in total. The molecule has 4 aromatic rings. The number of aromatic nitrogens is 3. The number of aliphatic imine (C=N–C) groups is 1. The molecule has 2 heterocycles. The normalized spacial score (nSPS) is 15.5. The summed E-state index contributed by atoms with van der Waals surface area (Å²) in [5, 5.41) is 11.5. The summed E-state index contributed by atoms with van der Waals surface area (Å²) in [6.45, 7) is 3.72. The van der Waals surface area contributed by atoms with Gasteiger partial charge in [0.1, 0.15) is 11.9 Å². The minimum atomic E-state index is -0.774. The fraction of sp³-hybridized carbons (Fsp3) is 0.154. The SMILES string of the molecule is Cc1nnc2n1-c1ccccc1C(c1ccccc1)=NC2NC(=O)O[C@@H](C)c1ccccc1. The van der Waals surface area contributed by atoms with Gasteiger partial charge in [-0.25, -0.2) is 4.79 Å². The van der Waals surface area contributed by atoms with Crippen LogP contribution in [-0.4, -0.2) is 26.6 Å². The van der Waals surface area contributed by atoms with Crippen molar-refractivity contribution in [1.29, 1.82) is 0 Å². The Labute approximate surface area is 191 Å². The molecule has 1 aliphatic heterocycles. The number of alkyl carbamates (subject to hydrolysis) is 1. The van der Waals surface area contributed by atoms with Gasteiger partial charge in [-0.15, -0.1) is 10.2 Å². The maximum absolute atomic E-state index is 12.9. The summed E-state index contributed by atoms with van der Waals surface area (Å²) in [6.07, 6.45) is -1.76. The number of hydrogen-bond acceptors (Lipinski definition) is 5. The number of hydrogen-bond donors (Lipinski definition) is 1. The van der Waals surface area contributed by atoms with E-state index in [1.54, 1.807) is 0 Å². The van der Waals surface area contributed by atoms with Crippen molar-refractivity contribution < 1.29 is 9.53 Å². The number of carbonyl (C=O) groups excluding carboxylic acids is 1. The Balaban J connectivity index is 1.54. The number of fused-ring (bicyclic) bond motifs is 3. The molecule has 1 aromatic heterocycles. The molecule has 0 bridgehead atoms. The lowest BCUT2D eigenvalue weighted by atomic mass is 10.0. The van der Waals surface area contributed by atoms with Crippen molar-refractivity contribution in [3.05, 3.63) is 113 Å². The molecule has 1 amide bonds. The Hall–Kier alpha value is -4.26. The van der Waals surface area contributed by atoms with Crippen molar-refractivity contribution in [1.82, 2.24) is 20.1 Å². The third-order valence-corrected chi connectivity index (χ3v) is 5.61. The Morgan fingerprint density at radius 2 is 1.61 bits per heavy atom. The van der Waals surface area contributed by atoms with Gasteiger partial charge >= 0.3 is 6.09 Å². The first-order valence-corrected chi connectivity index (χ1v) is 10.8. The zero-order valence-electron chi connectivity index (χ0n) is 18.3. The molecule has 3 aromatic carbocycles. The first kappa shape index (κ1) is 20.6. The molecule has 5 rings (SSSR count). The number of ether oxygens (including phenoxy) is 1. The van der Waals surface area contributed by atoms with Crippen LogP contribution in [-0.2, 0) is 4.74 Å². The van der Waals surface area contributed by atoms with Crippen LogP contribution in [0, 0.1) is 6.92 Å². The van der Waals surface area contributed by atoms with E-state index in [1.165, 1.54) is 0 Å². The van der Waals surface area contributed by atoms with Crippen LogP contribution in [0.4, 0.5) is 4.79 Å². The summed E-state index contributed by atoms with van der Waals surface area (Å²) in [6, 6.07) is 27.5. The molecule has 0 radical (unpaired) electrons. The summed E-state index contributed by atoms with van der Waals surface area (Å²) in [7, 11) is 0. The van der Waals surface area contributed by atoms with Crippen LogP contribution in [0.15, 0.2) is 89.9 Å². The summed E-state index contributed by atoms with van der Waals surface area (Å²) in [4.78, 5) is 17.8. The molecule has 1 N–H and O–H groups in total. The zero-order valence-corrected chi connectivity index (χ0v) is 18.3. The fourth-order valence-electron chi connectivity index (χ4n) is 4.00. The third kappa shape index (κ3) is 4.01. The molecule has 164 valence electrons. The Morgan fingerprint density at radius 3 is 2.36 bits per heavy atom. The lowest BCUT2D eigenvalue weighted by Gasteiger charge is -2.18. The fourth-order valence-corrected chi connectivity index (χ4v) is 4.00. The third-order valence-electron chi connectivity index (χ3n) is 5.61. The van der Waals surface area contributed by atoms with Crippen molar-refractivity contribution >= 4 is 11.8 Å². The molecule has 0 fully saturated rings. The first-order valence-electron chi connectivity index (χ1n) is 10.8. The highest BCUT2D eigenvalue weighted by molar-refractivity contribution is 6.15. The minimum absolute atomic E-state index is 0.411. The second-order valence-electron chi connectivity index (χ2n) is 7.81. The Morgan fingerprint density at radius 1 is 0.939 bits per heavy atom. The largest absolute Gasteiger partial charge is 0.442 e. The smallest absolute Gasteiger partial charge is 0.409 e. The molecule has 1 aliphatic rings. The van der Waals surface area contributed by atoms with Crippen LogP contribution < -0.4 is 5.32 Å². The van der Waals surface area contributed by atoms with Gasteiger partial charge in [-0.2, -0.15) is 0 Å². The van der Waals surface area contributed by atoms with Crippen LogP contribution in [0.3, 0.4) is 0 Å². The van der Waals surface area contributed by atoms with E-state index in [2.05, 4.69) is 15.5 Å². The van der Waals surface area contributed by atoms with Gasteiger partial charge in [-0.1, -0.05) is 78.9 Å². The number of carbonyl (C=O) groups is 1. The van der Waals surface area contributed by atoms with Crippen LogP contribution in [0.2, 0.25) is 0 Å². The number of benzene rings is 3. The number of nitrogens with one attached hydrogen (secondary N) is 1. The predicted octanol–water partition coefficient (Wildman–Crippen LogP) is 4.91. The minimum Gasteiger partial charge on any atom is -0.442 e. The quantitative estimate of drug-likeness (QED) is 0.492. The van der Waals surface area contributed by atoms with Crippen LogP contribution in [0.25, 0.3) is 5.69 Å². The van der Waals surface area contributed by atoms with E-state index in [0.29, 0.717) is 11.6 Å². The maximum Gasteiger partial charge on any atom is 0.409 e. The molecule has 0 spiro atoms. The van der Waals surface area contributed by atoms with Crippen LogP contribution in [0.5, 0.6) is 0 Å². The predicted molar refractivity (Wildman–Crippen MR) is 125 cm³/mol. The summed E-state index contributed by atoms with van der Waals surface area (Å²) in [5.74, 6) is 1.23.